The third kappa shape index (κ3) is 4.66. The number of carbonyl (C=O) groups is 1. The molecule has 0 fully saturated rings. The van der Waals surface area contributed by atoms with Crippen LogP contribution in [0, 0.1) is 12.1 Å². The van der Waals surface area contributed by atoms with Gasteiger partial charge in [0.2, 0.25) is 0 Å². The van der Waals surface area contributed by atoms with Gasteiger partial charge in [0.1, 0.15) is 11.3 Å². The number of methoxy groups -OCH3 is 1. The summed E-state index contributed by atoms with van der Waals surface area (Å²) >= 11 is 0. The van der Waals surface area contributed by atoms with E-state index in [0.29, 0.717) is 16.9 Å². The first-order chi connectivity index (χ1) is 16.6. The molecule has 10 heteroatoms. The molecular weight excluding hydrogens is 470 g/mol. The van der Waals surface area contributed by atoms with Crippen LogP contribution in [-0.2, 0) is 21.0 Å². The van der Waals surface area contributed by atoms with E-state index >= 15 is 0 Å². The van der Waals surface area contributed by atoms with Crippen molar-refractivity contribution < 1.29 is 17.9 Å². The minimum absolute atomic E-state index is 0.0293. The highest BCUT2D eigenvalue weighted by Gasteiger charge is 2.25. The number of aryl methyl sites for hydroxylation is 1. The van der Waals surface area contributed by atoms with Crippen LogP contribution in [0.15, 0.2) is 70.4 Å². The number of benzene rings is 2. The van der Waals surface area contributed by atoms with Crippen molar-refractivity contribution in [1.29, 1.82) is 0 Å². The van der Waals surface area contributed by atoms with E-state index in [4.69, 9.17) is 4.74 Å². The number of sulfone groups is 1. The standard InChI is InChI=1S/C25H22N3O6S/c1-15-7-12-20-23(29)21(13-16-8-10-19(11-9-16)35(3,32)33)22(25(30)34-2)28(24(20)26-15)18-6-4-5-17(14-18)27-31/h4-12,14,27H,13H2,1-3H3/q-1. The maximum Gasteiger partial charge on any atom is 0.355 e. The fraction of sp³-hybridized carbons (Fsp3) is 0.160. The maximum absolute atomic E-state index is 13.6. The molecule has 2 heterocycles. The Morgan fingerprint density at radius 3 is 2.46 bits per heavy atom. The lowest BCUT2D eigenvalue weighted by Gasteiger charge is -2.20. The zero-order valence-corrected chi connectivity index (χ0v) is 20.0. The molecule has 0 aliphatic rings. The zero-order valence-electron chi connectivity index (χ0n) is 19.2. The third-order valence-corrected chi connectivity index (χ3v) is 6.72. The van der Waals surface area contributed by atoms with Gasteiger partial charge in [0, 0.05) is 35.3 Å². The minimum atomic E-state index is -3.39. The number of rotatable bonds is 6. The molecule has 1 N–H and O–H groups in total. The van der Waals surface area contributed by atoms with Crippen LogP contribution in [0.4, 0.5) is 5.69 Å². The lowest BCUT2D eigenvalue weighted by atomic mass is 10.00. The second-order valence-electron chi connectivity index (χ2n) is 8.05. The van der Waals surface area contributed by atoms with Crippen LogP contribution in [0.25, 0.3) is 16.7 Å². The van der Waals surface area contributed by atoms with Crippen molar-refractivity contribution in [3.05, 3.63) is 98.6 Å². The van der Waals surface area contributed by atoms with Crippen molar-refractivity contribution in [1.82, 2.24) is 9.55 Å². The summed E-state index contributed by atoms with van der Waals surface area (Å²) in [7, 11) is -2.17. The Hall–Kier alpha value is -4.02. The number of hydrogen-bond donors (Lipinski definition) is 1. The van der Waals surface area contributed by atoms with Crippen molar-refractivity contribution in [3.8, 4) is 5.69 Å². The highest BCUT2D eigenvalue weighted by Crippen LogP contribution is 2.25. The van der Waals surface area contributed by atoms with Gasteiger partial charge in [-0.15, -0.1) is 0 Å². The summed E-state index contributed by atoms with van der Waals surface area (Å²) < 4.78 is 30.2. The first kappa shape index (κ1) is 24.1. The van der Waals surface area contributed by atoms with E-state index in [1.54, 1.807) is 49.4 Å². The van der Waals surface area contributed by atoms with Gasteiger partial charge < -0.3 is 15.4 Å². The Morgan fingerprint density at radius 2 is 1.83 bits per heavy atom. The maximum atomic E-state index is 13.6. The molecule has 2 aromatic carbocycles. The topological polar surface area (TPSA) is 130 Å². The second kappa shape index (κ2) is 9.32. The van der Waals surface area contributed by atoms with Crippen LogP contribution in [0.2, 0.25) is 0 Å². The number of nitrogens with one attached hydrogen (secondary N) is 1. The van der Waals surface area contributed by atoms with Gasteiger partial charge in [-0.1, -0.05) is 18.2 Å². The summed E-state index contributed by atoms with van der Waals surface area (Å²) in [6.45, 7) is 1.76. The number of hydrogen-bond acceptors (Lipinski definition) is 8. The van der Waals surface area contributed by atoms with E-state index in [2.05, 4.69) is 4.98 Å². The molecular formula is C25H22N3O6S-. The Morgan fingerprint density at radius 1 is 1.11 bits per heavy atom. The van der Waals surface area contributed by atoms with Gasteiger partial charge >= 0.3 is 5.97 Å². The molecule has 0 atom stereocenters. The van der Waals surface area contributed by atoms with Gasteiger partial charge in [-0.2, -0.15) is 0 Å². The lowest BCUT2D eigenvalue weighted by Crippen LogP contribution is -2.25. The Bertz CT molecular complexity index is 1610. The smallest absolute Gasteiger partial charge is 0.355 e. The third-order valence-electron chi connectivity index (χ3n) is 5.59. The molecule has 4 aromatic rings. The van der Waals surface area contributed by atoms with Crippen molar-refractivity contribution in [2.45, 2.75) is 18.2 Å². The van der Waals surface area contributed by atoms with Gasteiger partial charge in [0.05, 0.1) is 17.4 Å². The molecule has 0 amide bonds. The molecule has 180 valence electrons. The lowest BCUT2D eigenvalue weighted by molar-refractivity contribution is 0.0590. The van der Waals surface area contributed by atoms with Crippen molar-refractivity contribution in [2.75, 3.05) is 18.8 Å². The molecule has 4 rings (SSSR count). The fourth-order valence-electron chi connectivity index (χ4n) is 3.90. The number of nitrogens with zero attached hydrogens (tertiary/aromatic N) is 2. The molecule has 35 heavy (non-hydrogen) atoms. The number of carbonyl (C=O) groups excluding carboxylic acids is 1. The zero-order chi connectivity index (χ0) is 25.3. The Balaban J connectivity index is 2.05. The predicted octanol–water partition coefficient (Wildman–Crippen LogP) is 3.38. The highest BCUT2D eigenvalue weighted by molar-refractivity contribution is 7.90. The number of anilines is 1. The van der Waals surface area contributed by atoms with Crippen molar-refractivity contribution in [2.24, 2.45) is 0 Å². The molecule has 0 aliphatic carbocycles. The summed E-state index contributed by atoms with van der Waals surface area (Å²) in [5.41, 5.74) is 3.76. The van der Waals surface area contributed by atoms with Crippen LogP contribution in [0.1, 0.15) is 27.3 Å². The first-order valence-corrected chi connectivity index (χ1v) is 12.4. The van der Waals surface area contributed by atoms with E-state index in [9.17, 15) is 23.2 Å². The molecule has 2 aromatic heterocycles. The number of fused-ring (bicyclic) bond motifs is 1. The van der Waals surface area contributed by atoms with Crippen LogP contribution in [-0.4, -0.2) is 37.3 Å². The number of aromatic nitrogens is 2. The van der Waals surface area contributed by atoms with Crippen LogP contribution < -0.4 is 10.9 Å². The molecule has 0 saturated carbocycles. The summed E-state index contributed by atoms with van der Waals surface area (Å²) in [5.74, 6) is -0.754. The average molecular weight is 493 g/mol. The van der Waals surface area contributed by atoms with Crippen molar-refractivity contribution in [3.63, 3.8) is 0 Å². The van der Waals surface area contributed by atoms with Crippen LogP contribution >= 0.6 is 0 Å². The van der Waals surface area contributed by atoms with Gasteiger partial charge in [0.25, 0.3) is 0 Å². The van der Waals surface area contributed by atoms with E-state index in [1.165, 1.54) is 29.9 Å². The summed E-state index contributed by atoms with van der Waals surface area (Å²) in [6.07, 6.45) is 1.15. The summed E-state index contributed by atoms with van der Waals surface area (Å²) in [6, 6.07) is 15.9. The summed E-state index contributed by atoms with van der Waals surface area (Å²) in [5, 5.41) is 11.6. The largest absolute Gasteiger partial charge is 0.761 e. The van der Waals surface area contributed by atoms with Gasteiger partial charge in [-0.25, -0.2) is 18.2 Å². The molecule has 9 nitrogen and oxygen atoms in total. The first-order valence-electron chi connectivity index (χ1n) is 10.5. The van der Waals surface area contributed by atoms with E-state index < -0.39 is 21.2 Å². The molecule has 0 spiro atoms. The normalized spacial score (nSPS) is 11.4. The van der Waals surface area contributed by atoms with Crippen molar-refractivity contribution >= 4 is 32.5 Å². The highest BCUT2D eigenvalue weighted by atomic mass is 32.2. The number of pyridine rings is 2. The van der Waals surface area contributed by atoms with E-state index in [-0.39, 0.29) is 39.3 Å². The summed E-state index contributed by atoms with van der Waals surface area (Å²) in [4.78, 5) is 31.3. The minimum Gasteiger partial charge on any atom is -0.761 e. The SMILES string of the molecule is COC(=O)c1c(Cc2ccc(S(C)(=O)=O)cc2)c(=O)c2ccc(C)nc2n1-c1cccc(N[O-])c1. The van der Waals surface area contributed by atoms with Crippen LogP contribution in [0.5, 0.6) is 0 Å². The van der Waals surface area contributed by atoms with Gasteiger partial charge in [-0.05, 0) is 55.0 Å². The Labute approximate surface area is 201 Å². The molecule has 0 radical (unpaired) electrons. The second-order valence-corrected chi connectivity index (χ2v) is 10.1. The van der Waals surface area contributed by atoms with Gasteiger partial charge in [0.15, 0.2) is 15.3 Å². The van der Waals surface area contributed by atoms with E-state index in [0.717, 1.165) is 6.26 Å². The Kier molecular flexibility index (Phi) is 6.42. The molecule has 0 aliphatic heterocycles. The van der Waals surface area contributed by atoms with E-state index in [1.807, 2.05) is 5.48 Å². The monoisotopic (exact) mass is 492 g/mol. The average Bonchev–Trinajstić information content (AvgIpc) is 2.84. The van der Waals surface area contributed by atoms with Gasteiger partial charge in [-0.3, -0.25) is 9.36 Å². The number of ether oxygens (including phenoxy) is 1. The molecule has 0 saturated heterocycles. The predicted molar refractivity (Wildman–Crippen MR) is 133 cm³/mol. The number of esters is 1. The quantitative estimate of drug-likeness (QED) is 0.320. The fourth-order valence-corrected chi connectivity index (χ4v) is 4.53. The molecule has 0 unspecified atom stereocenters. The molecule has 0 bridgehead atoms. The van der Waals surface area contributed by atoms with Crippen LogP contribution in [0.3, 0.4) is 0 Å².